The summed E-state index contributed by atoms with van der Waals surface area (Å²) >= 11 is 0. The fourth-order valence-electron chi connectivity index (χ4n) is 4.39. The summed E-state index contributed by atoms with van der Waals surface area (Å²) in [7, 11) is -2.32. The minimum Gasteiger partial charge on any atom is -0.461 e. The number of nitrogens with zero attached hydrogens (tertiary/aromatic N) is 3. The minimum absolute atomic E-state index is 0.00161. The van der Waals surface area contributed by atoms with Crippen LogP contribution < -0.4 is 0 Å². The van der Waals surface area contributed by atoms with Gasteiger partial charge < -0.3 is 14.2 Å². The number of esters is 1. The molecule has 0 N–H and O–H groups in total. The van der Waals surface area contributed by atoms with E-state index in [9.17, 15) is 18.0 Å². The van der Waals surface area contributed by atoms with Gasteiger partial charge in [0.1, 0.15) is 16.6 Å². The van der Waals surface area contributed by atoms with Gasteiger partial charge in [0.25, 0.3) is 0 Å². The van der Waals surface area contributed by atoms with E-state index in [2.05, 4.69) is 6.07 Å². The van der Waals surface area contributed by atoms with Gasteiger partial charge in [-0.3, -0.25) is 4.79 Å². The number of benzene rings is 1. The molecule has 0 aliphatic carbocycles. The first-order valence-corrected chi connectivity index (χ1v) is 12.0. The van der Waals surface area contributed by atoms with Gasteiger partial charge in [-0.15, -0.1) is 0 Å². The summed E-state index contributed by atoms with van der Waals surface area (Å²) in [6.45, 7) is 3.26. The zero-order valence-electron chi connectivity index (χ0n) is 17.8. The van der Waals surface area contributed by atoms with Crippen LogP contribution in [0.1, 0.15) is 41.4 Å². The minimum atomic E-state index is -3.92. The van der Waals surface area contributed by atoms with E-state index in [1.807, 2.05) is 18.2 Å². The molecule has 9 heteroatoms. The summed E-state index contributed by atoms with van der Waals surface area (Å²) in [5, 5.41) is 0. The van der Waals surface area contributed by atoms with Gasteiger partial charge in [-0.1, -0.05) is 24.3 Å². The van der Waals surface area contributed by atoms with E-state index in [0.717, 1.165) is 12.0 Å². The Labute approximate surface area is 182 Å². The number of fused-ring (bicyclic) bond motifs is 1. The third kappa shape index (κ3) is 3.99. The van der Waals surface area contributed by atoms with E-state index >= 15 is 0 Å². The van der Waals surface area contributed by atoms with Crippen molar-refractivity contribution in [1.29, 1.82) is 0 Å². The maximum Gasteiger partial charge on any atom is 0.354 e. The number of carbonyl (C=O) groups is 2. The molecule has 2 aliphatic rings. The Hall–Kier alpha value is -2.65. The van der Waals surface area contributed by atoms with Crippen LogP contribution >= 0.6 is 0 Å². The molecule has 1 aromatic carbocycles. The maximum atomic E-state index is 13.4. The first-order valence-electron chi connectivity index (χ1n) is 10.5. The molecule has 0 bridgehead atoms. The van der Waals surface area contributed by atoms with Gasteiger partial charge in [0, 0.05) is 32.9 Å². The molecule has 1 fully saturated rings. The first kappa shape index (κ1) is 21.6. The zero-order valence-corrected chi connectivity index (χ0v) is 18.6. The van der Waals surface area contributed by atoms with Crippen molar-refractivity contribution in [3.63, 3.8) is 0 Å². The smallest absolute Gasteiger partial charge is 0.354 e. The topological polar surface area (TPSA) is 88.9 Å². The Morgan fingerprint density at radius 3 is 2.65 bits per heavy atom. The summed E-state index contributed by atoms with van der Waals surface area (Å²) in [6.07, 6.45) is 3.28. The molecule has 0 spiro atoms. The van der Waals surface area contributed by atoms with E-state index in [1.165, 1.54) is 26.7 Å². The van der Waals surface area contributed by atoms with Crippen LogP contribution in [0, 0.1) is 0 Å². The highest BCUT2D eigenvalue weighted by molar-refractivity contribution is 7.89. The second-order valence-corrected chi connectivity index (χ2v) is 9.84. The largest absolute Gasteiger partial charge is 0.461 e. The number of aromatic nitrogens is 1. The van der Waals surface area contributed by atoms with Crippen molar-refractivity contribution in [1.82, 2.24) is 13.8 Å². The molecule has 1 saturated heterocycles. The highest BCUT2D eigenvalue weighted by atomic mass is 32.2. The Morgan fingerprint density at radius 1 is 1.16 bits per heavy atom. The lowest BCUT2D eigenvalue weighted by atomic mass is 9.99. The van der Waals surface area contributed by atoms with Crippen LogP contribution in [0.25, 0.3) is 0 Å². The van der Waals surface area contributed by atoms with Crippen LogP contribution in [0.5, 0.6) is 0 Å². The van der Waals surface area contributed by atoms with Crippen molar-refractivity contribution in [3.05, 3.63) is 53.3 Å². The Bertz CT molecular complexity index is 1110. The highest BCUT2D eigenvalue weighted by Crippen LogP contribution is 2.30. The summed E-state index contributed by atoms with van der Waals surface area (Å²) in [6, 6.07) is 8.63. The van der Waals surface area contributed by atoms with E-state index in [0.29, 0.717) is 25.9 Å². The molecule has 4 rings (SSSR count). The second-order valence-electron chi connectivity index (χ2n) is 7.94. The third-order valence-electron chi connectivity index (χ3n) is 6.00. The predicted molar refractivity (Wildman–Crippen MR) is 114 cm³/mol. The molecule has 31 heavy (non-hydrogen) atoms. The lowest BCUT2D eigenvalue weighted by Crippen LogP contribution is -2.48. The van der Waals surface area contributed by atoms with E-state index in [1.54, 1.807) is 18.9 Å². The van der Waals surface area contributed by atoms with Crippen molar-refractivity contribution in [2.45, 2.75) is 43.7 Å². The second kappa shape index (κ2) is 8.47. The summed E-state index contributed by atoms with van der Waals surface area (Å²) < 4.78 is 34.5. The molecule has 2 aromatic rings. The van der Waals surface area contributed by atoms with Crippen molar-refractivity contribution >= 4 is 21.9 Å². The number of hydrogen-bond acceptors (Lipinski definition) is 5. The van der Waals surface area contributed by atoms with Crippen molar-refractivity contribution < 1.29 is 22.7 Å². The fraction of sp³-hybridized carbons (Fsp3) is 0.455. The monoisotopic (exact) mass is 445 g/mol. The van der Waals surface area contributed by atoms with Crippen molar-refractivity contribution in [2.75, 3.05) is 19.7 Å². The van der Waals surface area contributed by atoms with Gasteiger partial charge in [0.15, 0.2) is 0 Å². The predicted octanol–water partition coefficient (Wildman–Crippen LogP) is 1.94. The number of ether oxygens (including phenoxy) is 1. The van der Waals surface area contributed by atoms with Crippen LogP contribution in [0.3, 0.4) is 0 Å². The maximum absolute atomic E-state index is 13.4. The summed E-state index contributed by atoms with van der Waals surface area (Å²) in [5.41, 5.74) is 2.50. The van der Waals surface area contributed by atoms with Crippen molar-refractivity contribution in [2.24, 2.45) is 7.05 Å². The number of carbonyl (C=O) groups excluding carboxylic acids is 2. The van der Waals surface area contributed by atoms with Gasteiger partial charge in [0.05, 0.1) is 6.61 Å². The SMILES string of the molecule is CCOC(=O)c1cc(S(=O)(=O)N2CCCC2C(=O)N2CCc3ccccc3C2)cn1C. The molecule has 1 amide bonds. The lowest BCUT2D eigenvalue weighted by molar-refractivity contribution is -0.135. The molecular formula is C22H27N3O5S. The Kier molecular flexibility index (Phi) is 5.90. The molecule has 1 unspecified atom stereocenters. The Morgan fingerprint density at radius 2 is 1.90 bits per heavy atom. The normalized spacial score (nSPS) is 19.3. The number of hydrogen-bond donors (Lipinski definition) is 0. The zero-order chi connectivity index (χ0) is 22.2. The number of sulfonamides is 1. The van der Waals surface area contributed by atoms with Gasteiger partial charge >= 0.3 is 5.97 Å². The lowest BCUT2D eigenvalue weighted by Gasteiger charge is -2.33. The van der Waals surface area contributed by atoms with E-state index in [-0.39, 0.29) is 29.6 Å². The van der Waals surface area contributed by atoms with Crippen LogP contribution in [-0.4, -0.2) is 59.8 Å². The molecule has 0 saturated carbocycles. The van der Waals surface area contributed by atoms with Crippen LogP contribution in [0.15, 0.2) is 41.4 Å². The van der Waals surface area contributed by atoms with Gasteiger partial charge in [-0.25, -0.2) is 13.2 Å². The molecule has 166 valence electrons. The molecule has 1 atom stereocenters. The number of aryl methyl sites for hydroxylation is 1. The molecule has 1 aromatic heterocycles. The van der Waals surface area contributed by atoms with Crippen LogP contribution in [0.4, 0.5) is 0 Å². The average Bonchev–Trinajstić information content (AvgIpc) is 3.41. The molecule has 3 heterocycles. The average molecular weight is 446 g/mol. The first-order chi connectivity index (χ1) is 14.8. The summed E-state index contributed by atoms with van der Waals surface area (Å²) in [5.74, 6) is -0.732. The summed E-state index contributed by atoms with van der Waals surface area (Å²) in [4.78, 5) is 27.2. The highest BCUT2D eigenvalue weighted by Gasteiger charge is 2.42. The van der Waals surface area contributed by atoms with Crippen LogP contribution in [0.2, 0.25) is 0 Å². The molecule has 2 aliphatic heterocycles. The van der Waals surface area contributed by atoms with Crippen LogP contribution in [-0.2, 0) is 39.6 Å². The van der Waals surface area contributed by atoms with E-state index in [4.69, 9.17) is 4.74 Å². The molecule has 0 radical (unpaired) electrons. The van der Waals surface area contributed by atoms with Gasteiger partial charge in [-0.2, -0.15) is 4.31 Å². The molecule has 8 nitrogen and oxygen atoms in total. The quantitative estimate of drug-likeness (QED) is 0.657. The van der Waals surface area contributed by atoms with E-state index < -0.39 is 22.0 Å². The van der Waals surface area contributed by atoms with Crippen molar-refractivity contribution in [3.8, 4) is 0 Å². The van der Waals surface area contributed by atoms with Gasteiger partial charge in [0.2, 0.25) is 15.9 Å². The fourth-order valence-corrected chi connectivity index (χ4v) is 6.11. The standard InChI is InChI=1S/C22H27N3O5S/c1-3-30-22(27)20-13-18(15-23(20)2)31(28,29)25-11-6-9-19(25)21(26)24-12-10-16-7-4-5-8-17(16)14-24/h4-5,7-8,13,15,19H,3,6,9-12,14H2,1-2H3. The number of rotatable bonds is 5. The Balaban J connectivity index is 1.56. The molecular weight excluding hydrogens is 418 g/mol. The number of amides is 1. The van der Waals surface area contributed by atoms with Gasteiger partial charge in [-0.05, 0) is 43.4 Å². The third-order valence-corrected chi connectivity index (χ3v) is 7.88.